The minimum Gasteiger partial charge on any atom is -0.419 e. The summed E-state index contributed by atoms with van der Waals surface area (Å²) in [5.74, 6) is -1.01. The Morgan fingerprint density at radius 2 is 1.68 bits per heavy atom. The zero-order chi connectivity index (χ0) is 16.1. The number of carbonyl (C=O) groups is 1. The monoisotopic (exact) mass is 302 g/mol. The second-order valence-corrected chi connectivity index (χ2v) is 4.30. The molecule has 0 atom stereocenters. The summed E-state index contributed by atoms with van der Waals surface area (Å²) in [5.41, 5.74) is -0.387. The third-order valence-corrected chi connectivity index (χ3v) is 2.77. The summed E-state index contributed by atoms with van der Waals surface area (Å²) in [7, 11) is 0. The summed E-state index contributed by atoms with van der Waals surface area (Å²) >= 11 is 0. The fraction of sp³-hybridized carbons (Fsp3) is 0.0714. The first-order valence-electron chi connectivity index (χ1n) is 6.15. The van der Waals surface area contributed by atoms with Crippen LogP contribution in [0.5, 0.6) is 5.75 Å². The minimum absolute atomic E-state index is 0.0605. The van der Waals surface area contributed by atoms with E-state index in [1.54, 1.807) is 30.3 Å². The molecule has 0 N–H and O–H groups in total. The number of rotatable bonds is 5. The van der Waals surface area contributed by atoms with Gasteiger partial charge in [0.05, 0.1) is 22.3 Å². The third-order valence-electron chi connectivity index (χ3n) is 2.77. The van der Waals surface area contributed by atoms with Gasteiger partial charge in [-0.2, -0.15) is 0 Å². The maximum Gasteiger partial charge on any atom is 0.318 e. The summed E-state index contributed by atoms with van der Waals surface area (Å²) in [6, 6.07) is 11.5. The highest BCUT2D eigenvalue weighted by molar-refractivity contribution is 5.76. The number of hydrogen-bond acceptors (Lipinski definition) is 6. The fourth-order valence-electron chi connectivity index (χ4n) is 1.77. The number of esters is 1. The van der Waals surface area contributed by atoms with E-state index in [1.165, 1.54) is 0 Å². The highest BCUT2D eigenvalue weighted by Crippen LogP contribution is 2.31. The lowest BCUT2D eigenvalue weighted by atomic mass is 10.1. The second kappa shape index (κ2) is 6.44. The summed E-state index contributed by atoms with van der Waals surface area (Å²) in [5, 5.41) is 21.6. The van der Waals surface area contributed by atoms with E-state index >= 15 is 0 Å². The first kappa shape index (κ1) is 15.1. The van der Waals surface area contributed by atoms with E-state index in [9.17, 15) is 25.0 Å². The number of ether oxygens (including phenoxy) is 1. The van der Waals surface area contributed by atoms with Gasteiger partial charge in [-0.1, -0.05) is 30.3 Å². The molecule has 2 aromatic rings. The first-order chi connectivity index (χ1) is 10.5. The van der Waals surface area contributed by atoms with E-state index in [2.05, 4.69) is 0 Å². The van der Waals surface area contributed by atoms with Crippen molar-refractivity contribution in [3.8, 4) is 5.75 Å². The largest absolute Gasteiger partial charge is 0.419 e. The third kappa shape index (κ3) is 3.63. The lowest BCUT2D eigenvalue weighted by Gasteiger charge is -2.05. The molecule has 2 rings (SSSR count). The van der Waals surface area contributed by atoms with Gasteiger partial charge in [0.1, 0.15) is 0 Å². The van der Waals surface area contributed by atoms with Crippen LogP contribution in [0.1, 0.15) is 5.56 Å². The Bertz CT molecular complexity index is 729. The van der Waals surface area contributed by atoms with Crippen molar-refractivity contribution in [2.45, 2.75) is 6.42 Å². The lowest BCUT2D eigenvalue weighted by Crippen LogP contribution is -2.12. The van der Waals surface area contributed by atoms with Crippen molar-refractivity contribution in [1.29, 1.82) is 0 Å². The van der Waals surface area contributed by atoms with E-state index in [0.717, 1.165) is 18.2 Å². The van der Waals surface area contributed by atoms with Crippen LogP contribution in [0.2, 0.25) is 0 Å². The molecule has 8 heteroatoms. The zero-order valence-corrected chi connectivity index (χ0v) is 11.2. The molecule has 0 radical (unpaired) electrons. The Labute approximate surface area is 124 Å². The average molecular weight is 302 g/mol. The van der Waals surface area contributed by atoms with Crippen molar-refractivity contribution in [3.63, 3.8) is 0 Å². The van der Waals surface area contributed by atoms with Gasteiger partial charge in [0.15, 0.2) is 0 Å². The average Bonchev–Trinajstić information content (AvgIpc) is 2.48. The van der Waals surface area contributed by atoms with Gasteiger partial charge in [0.25, 0.3) is 5.69 Å². The van der Waals surface area contributed by atoms with E-state index in [4.69, 9.17) is 4.74 Å². The number of nitro benzene ring substituents is 2. The Morgan fingerprint density at radius 3 is 2.27 bits per heavy atom. The predicted octanol–water partition coefficient (Wildman–Crippen LogP) is 2.65. The zero-order valence-electron chi connectivity index (χ0n) is 11.2. The predicted molar refractivity (Wildman–Crippen MR) is 75.5 cm³/mol. The molecular weight excluding hydrogens is 292 g/mol. The molecule has 8 nitrogen and oxygen atoms in total. The van der Waals surface area contributed by atoms with Gasteiger partial charge in [-0.25, -0.2) is 0 Å². The van der Waals surface area contributed by atoms with Crippen LogP contribution in [-0.4, -0.2) is 15.8 Å². The summed E-state index contributed by atoms with van der Waals surface area (Å²) in [4.78, 5) is 31.8. The van der Waals surface area contributed by atoms with Gasteiger partial charge in [-0.15, -0.1) is 0 Å². The molecule has 0 amide bonds. The molecule has 0 bridgehead atoms. The normalized spacial score (nSPS) is 10.0. The van der Waals surface area contributed by atoms with Crippen LogP contribution in [0.15, 0.2) is 48.5 Å². The van der Waals surface area contributed by atoms with Crippen molar-refractivity contribution in [3.05, 3.63) is 74.3 Å². The standard InChI is InChI=1S/C14H10N2O6/c17-14(8-10-4-2-1-3-5-10)22-13-7-6-11(15(18)19)9-12(13)16(20)21/h1-7,9H,8H2. The highest BCUT2D eigenvalue weighted by Gasteiger charge is 2.22. The maximum atomic E-state index is 11.8. The van der Waals surface area contributed by atoms with Crippen molar-refractivity contribution in [1.82, 2.24) is 0 Å². The van der Waals surface area contributed by atoms with E-state index in [-0.39, 0.29) is 12.2 Å². The number of non-ortho nitro benzene ring substituents is 1. The molecule has 0 unspecified atom stereocenters. The van der Waals surface area contributed by atoms with Crippen LogP contribution >= 0.6 is 0 Å². The molecule has 0 aromatic heterocycles. The van der Waals surface area contributed by atoms with Gasteiger partial charge in [0, 0.05) is 6.07 Å². The maximum absolute atomic E-state index is 11.8. The molecule has 2 aromatic carbocycles. The Kier molecular flexibility index (Phi) is 4.42. The van der Waals surface area contributed by atoms with Crippen LogP contribution in [0, 0.1) is 20.2 Å². The van der Waals surface area contributed by atoms with Crippen molar-refractivity contribution < 1.29 is 19.4 Å². The van der Waals surface area contributed by atoms with Crippen molar-refractivity contribution >= 4 is 17.3 Å². The molecule has 0 aliphatic carbocycles. The van der Waals surface area contributed by atoms with Crippen LogP contribution in [0.4, 0.5) is 11.4 Å². The van der Waals surface area contributed by atoms with Crippen LogP contribution in [0.25, 0.3) is 0 Å². The second-order valence-electron chi connectivity index (χ2n) is 4.30. The summed E-state index contributed by atoms with van der Waals surface area (Å²) in [6.07, 6.45) is -0.0605. The summed E-state index contributed by atoms with van der Waals surface area (Å²) in [6.45, 7) is 0. The molecule has 0 fully saturated rings. The Morgan fingerprint density at radius 1 is 1.00 bits per heavy atom. The van der Waals surface area contributed by atoms with Gasteiger partial charge >= 0.3 is 11.7 Å². The van der Waals surface area contributed by atoms with Gasteiger partial charge in [-0.3, -0.25) is 25.0 Å². The molecule has 0 spiro atoms. The minimum atomic E-state index is -0.835. The molecule has 0 saturated carbocycles. The Balaban J connectivity index is 2.20. The number of benzene rings is 2. The molecule has 0 saturated heterocycles. The molecular formula is C14H10N2O6. The topological polar surface area (TPSA) is 113 Å². The van der Waals surface area contributed by atoms with Crippen LogP contribution in [0.3, 0.4) is 0 Å². The van der Waals surface area contributed by atoms with Gasteiger partial charge < -0.3 is 4.74 Å². The number of nitrogens with zero attached hydrogens (tertiary/aromatic N) is 2. The quantitative estimate of drug-likeness (QED) is 0.363. The van der Waals surface area contributed by atoms with Crippen LogP contribution in [-0.2, 0) is 11.2 Å². The van der Waals surface area contributed by atoms with Gasteiger partial charge in [0.2, 0.25) is 5.75 Å². The molecule has 22 heavy (non-hydrogen) atoms. The van der Waals surface area contributed by atoms with Crippen LogP contribution < -0.4 is 4.74 Å². The summed E-state index contributed by atoms with van der Waals surface area (Å²) < 4.78 is 4.94. The van der Waals surface area contributed by atoms with E-state index in [1.807, 2.05) is 0 Å². The smallest absolute Gasteiger partial charge is 0.318 e. The lowest BCUT2D eigenvalue weighted by molar-refractivity contribution is -0.394. The number of carbonyl (C=O) groups excluding carboxylic acids is 1. The molecule has 112 valence electrons. The molecule has 0 heterocycles. The van der Waals surface area contributed by atoms with Crippen molar-refractivity contribution in [2.75, 3.05) is 0 Å². The SMILES string of the molecule is O=C(Cc1ccccc1)Oc1ccc([N+](=O)[O-])cc1[N+](=O)[O-]. The number of hydrogen-bond donors (Lipinski definition) is 0. The van der Waals surface area contributed by atoms with E-state index in [0.29, 0.717) is 5.56 Å². The first-order valence-corrected chi connectivity index (χ1v) is 6.15. The molecule has 0 aliphatic rings. The van der Waals surface area contributed by atoms with Crippen molar-refractivity contribution in [2.24, 2.45) is 0 Å². The Hall–Kier alpha value is -3.29. The highest BCUT2D eigenvalue weighted by atomic mass is 16.6. The fourth-order valence-corrected chi connectivity index (χ4v) is 1.77. The van der Waals surface area contributed by atoms with E-state index < -0.39 is 27.2 Å². The molecule has 0 aliphatic heterocycles. The van der Waals surface area contributed by atoms with Gasteiger partial charge in [-0.05, 0) is 11.6 Å². The number of nitro groups is 2.